The molecule has 2 rings (SSSR count). The van der Waals surface area contributed by atoms with Gasteiger partial charge in [-0.25, -0.2) is 0 Å². The van der Waals surface area contributed by atoms with Crippen LogP contribution in [-0.4, -0.2) is 23.9 Å². The molecule has 0 amide bonds. The summed E-state index contributed by atoms with van der Waals surface area (Å²) < 4.78 is 0. The summed E-state index contributed by atoms with van der Waals surface area (Å²) in [5, 5.41) is 12.1. The highest BCUT2D eigenvalue weighted by atomic mass is 32.2. The smallest absolute Gasteiger partial charge is 0.117 e. The molecule has 90 valence electrons. The van der Waals surface area contributed by atoms with Crippen LogP contribution in [0.5, 0.6) is 5.75 Å². The quantitative estimate of drug-likeness (QED) is 0.822. The van der Waals surface area contributed by atoms with Crippen molar-refractivity contribution in [3.05, 3.63) is 24.3 Å². The van der Waals surface area contributed by atoms with E-state index < -0.39 is 0 Å². The number of benzene rings is 2. The normalized spacial score (nSPS) is 11.0. The van der Waals surface area contributed by atoms with E-state index in [0.717, 1.165) is 10.3 Å². The van der Waals surface area contributed by atoms with Gasteiger partial charge in [0.05, 0.1) is 0 Å². The molecule has 0 spiro atoms. The molecule has 0 aliphatic rings. The number of phenolic OH excluding ortho intramolecular Hbond substituents is 1. The van der Waals surface area contributed by atoms with E-state index in [1.54, 1.807) is 35.3 Å². The molecule has 0 unspecified atom stereocenters. The zero-order valence-electron chi connectivity index (χ0n) is 9.98. The molecule has 2 aromatic rings. The molecule has 4 heteroatoms. The number of hydrogen-bond acceptors (Lipinski definition) is 4. The van der Waals surface area contributed by atoms with E-state index in [9.17, 15) is 5.11 Å². The first-order valence-electron chi connectivity index (χ1n) is 5.12. The molecule has 0 radical (unpaired) electrons. The molecule has 1 nitrogen and oxygen atoms in total. The topological polar surface area (TPSA) is 20.2 Å². The van der Waals surface area contributed by atoms with Gasteiger partial charge in [0.2, 0.25) is 0 Å². The Morgan fingerprint density at radius 1 is 0.765 bits per heavy atom. The van der Waals surface area contributed by atoms with Gasteiger partial charge in [0.25, 0.3) is 0 Å². The van der Waals surface area contributed by atoms with E-state index in [1.807, 2.05) is 18.4 Å². The molecular formula is C13H14OS3. The largest absolute Gasteiger partial charge is 0.508 e. The van der Waals surface area contributed by atoms with Crippen LogP contribution in [0.3, 0.4) is 0 Å². The van der Waals surface area contributed by atoms with E-state index in [0.29, 0.717) is 5.75 Å². The summed E-state index contributed by atoms with van der Waals surface area (Å²) in [7, 11) is 0. The maximum atomic E-state index is 9.76. The lowest BCUT2D eigenvalue weighted by Gasteiger charge is -2.11. The first-order chi connectivity index (χ1) is 8.19. The van der Waals surface area contributed by atoms with Gasteiger partial charge < -0.3 is 5.11 Å². The van der Waals surface area contributed by atoms with Gasteiger partial charge in [-0.1, -0.05) is 0 Å². The molecular weight excluding hydrogens is 268 g/mol. The summed E-state index contributed by atoms with van der Waals surface area (Å²) in [4.78, 5) is 3.62. The predicted octanol–water partition coefficient (Wildman–Crippen LogP) is 4.71. The first kappa shape index (κ1) is 13.0. The molecule has 0 bridgehead atoms. The highest BCUT2D eigenvalue weighted by Crippen LogP contribution is 2.38. The molecule has 0 heterocycles. The molecule has 1 N–H and O–H groups in total. The minimum atomic E-state index is 0.342. The second-order valence-corrected chi connectivity index (χ2v) is 6.15. The Morgan fingerprint density at radius 2 is 1.35 bits per heavy atom. The van der Waals surface area contributed by atoms with Gasteiger partial charge >= 0.3 is 0 Å². The van der Waals surface area contributed by atoms with Crippen molar-refractivity contribution in [2.45, 2.75) is 14.7 Å². The lowest BCUT2D eigenvalue weighted by molar-refractivity contribution is 0.475. The second-order valence-electron chi connectivity index (χ2n) is 3.57. The zero-order valence-corrected chi connectivity index (χ0v) is 12.4. The fourth-order valence-corrected chi connectivity index (χ4v) is 3.62. The Balaban J connectivity index is 2.83. The predicted molar refractivity (Wildman–Crippen MR) is 81.0 cm³/mol. The van der Waals surface area contributed by atoms with E-state index in [-0.39, 0.29) is 0 Å². The van der Waals surface area contributed by atoms with E-state index in [4.69, 9.17) is 0 Å². The Bertz CT molecular complexity index is 552. The van der Waals surface area contributed by atoms with E-state index in [1.165, 1.54) is 15.2 Å². The summed E-state index contributed by atoms with van der Waals surface area (Å²) in [5.74, 6) is 0.342. The average Bonchev–Trinajstić information content (AvgIpc) is 2.36. The molecule has 17 heavy (non-hydrogen) atoms. The zero-order chi connectivity index (χ0) is 12.4. The summed E-state index contributed by atoms with van der Waals surface area (Å²) in [6.45, 7) is 0. The van der Waals surface area contributed by atoms with Crippen LogP contribution in [0.1, 0.15) is 0 Å². The summed E-state index contributed by atoms with van der Waals surface area (Å²) in [5.41, 5.74) is 0. The minimum Gasteiger partial charge on any atom is -0.508 e. The maximum absolute atomic E-state index is 9.76. The van der Waals surface area contributed by atoms with Crippen LogP contribution < -0.4 is 0 Å². The fourth-order valence-electron chi connectivity index (χ4n) is 1.81. The average molecular weight is 282 g/mol. The van der Waals surface area contributed by atoms with Crippen molar-refractivity contribution in [3.8, 4) is 5.75 Å². The highest BCUT2D eigenvalue weighted by molar-refractivity contribution is 7.99. The third-order valence-electron chi connectivity index (χ3n) is 2.63. The van der Waals surface area contributed by atoms with Crippen molar-refractivity contribution in [1.29, 1.82) is 0 Å². The van der Waals surface area contributed by atoms with E-state index in [2.05, 4.69) is 24.6 Å². The van der Waals surface area contributed by atoms with Gasteiger partial charge in [-0.05, 0) is 48.4 Å². The summed E-state index contributed by atoms with van der Waals surface area (Å²) >= 11 is 5.15. The Morgan fingerprint density at radius 3 is 1.94 bits per heavy atom. The number of fused-ring (bicyclic) bond motifs is 1. The number of hydrogen-bond donors (Lipinski definition) is 1. The number of rotatable bonds is 3. The molecule has 0 saturated carbocycles. The molecule has 0 saturated heterocycles. The lowest BCUT2D eigenvalue weighted by Crippen LogP contribution is -1.83. The summed E-state index contributed by atoms with van der Waals surface area (Å²) in [6.07, 6.45) is 6.20. The highest BCUT2D eigenvalue weighted by Gasteiger charge is 2.09. The van der Waals surface area contributed by atoms with Crippen molar-refractivity contribution in [3.63, 3.8) is 0 Å². The maximum Gasteiger partial charge on any atom is 0.117 e. The Hall–Kier alpha value is -0.450. The molecule has 0 fully saturated rings. The van der Waals surface area contributed by atoms with Crippen molar-refractivity contribution in [2.75, 3.05) is 18.8 Å². The first-order valence-corrected chi connectivity index (χ1v) is 8.79. The molecule has 0 aliphatic carbocycles. The van der Waals surface area contributed by atoms with Crippen LogP contribution in [0.15, 0.2) is 39.0 Å². The van der Waals surface area contributed by atoms with Gasteiger partial charge in [0.1, 0.15) is 5.75 Å². The van der Waals surface area contributed by atoms with Gasteiger partial charge in [0.15, 0.2) is 0 Å². The van der Waals surface area contributed by atoms with Crippen molar-refractivity contribution < 1.29 is 5.11 Å². The van der Waals surface area contributed by atoms with Crippen LogP contribution in [0.2, 0.25) is 0 Å². The fraction of sp³-hybridized carbons (Fsp3) is 0.231. The summed E-state index contributed by atoms with van der Waals surface area (Å²) in [6, 6.07) is 8.07. The third kappa shape index (κ3) is 2.54. The Labute approximate surface area is 114 Å². The standard InChI is InChI=1S/C13H14OS3/c1-15-9-6-11-10(13(7-9)17-3)4-8(14)5-12(11)16-2/h4-7,14H,1-3H3. The van der Waals surface area contributed by atoms with Crippen LogP contribution in [0.25, 0.3) is 10.8 Å². The van der Waals surface area contributed by atoms with Gasteiger partial charge in [-0.3, -0.25) is 0 Å². The van der Waals surface area contributed by atoms with Crippen LogP contribution in [-0.2, 0) is 0 Å². The van der Waals surface area contributed by atoms with Gasteiger partial charge in [-0.2, -0.15) is 0 Å². The van der Waals surface area contributed by atoms with Crippen LogP contribution in [0, 0.1) is 0 Å². The minimum absolute atomic E-state index is 0.342. The third-order valence-corrected chi connectivity index (χ3v) is 4.89. The number of thioether (sulfide) groups is 3. The van der Waals surface area contributed by atoms with E-state index >= 15 is 0 Å². The lowest BCUT2D eigenvalue weighted by atomic mass is 10.1. The molecule has 2 aromatic carbocycles. The SMILES string of the molecule is CSc1cc(SC)c2cc(O)cc(SC)c2c1. The van der Waals surface area contributed by atoms with Crippen molar-refractivity contribution in [2.24, 2.45) is 0 Å². The van der Waals surface area contributed by atoms with Crippen molar-refractivity contribution in [1.82, 2.24) is 0 Å². The molecule has 0 aromatic heterocycles. The van der Waals surface area contributed by atoms with Gasteiger partial charge in [-0.15, -0.1) is 35.3 Å². The van der Waals surface area contributed by atoms with Gasteiger partial charge in [0, 0.05) is 20.1 Å². The van der Waals surface area contributed by atoms with Crippen LogP contribution in [0.4, 0.5) is 0 Å². The Kier molecular flexibility index (Phi) is 4.17. The monoisotopic (exact) mass is 282 g/mol. The second kappa shape index (κ2) is 5.46. The van der Waals surface area contributed by atoms with Crippen molar-refractivity contribution >= 4 is 46.1 Å². The molecule has 0 aliphatic heterocycles. The number of phenols is 1. The molecule has 0 atom stereocenters. The number of aromatic hydroxyl groups is 1. The van der Waals surface area contributed by atoms with Crippen LogP contribution >= 0.6 is 35.3 Å².